The monoisotopic (exact) mass is 114 g/mol. The molecule has 4 nitrogen and oxygen atoms in total. The van der Waals surface area contributed by atoms with E-state index in [1.165, 1.54) is 0 Å². The molecule has 44 valence electrons. The predicted octanol–water partition coefficient (Wildman–Crippen LogP) is -1.77. The highest BCUT2D eigenvalue weighted by molar-refractivity contribution is 5.92. The summed E-state index contributed by atoms with van der Waals surface area (Å²) in [5.74, 6) is 0.333. The Morgan fingerprint density at radius 1 is 1.00 bits per heavy atom. The van der Waals surface area contributed by atoms with Crippen molar-refractivity contribution in [3.63, 3.8) is 0 Å². The SMILES string of the molecule is O=C1CN1.O=C1CN1. The Bertz CT molecular complexity index is 104. The summed E-state index contributed by atoms with van der Waals surface area (Å²) in [5.41, 5.74) is 0. The average Bonchev–Trinajstić information content (AvgIpc) is 2.47. The molecule has 8 heavy (non-hydrogen) atoms. The van der Waals surface area contributed by atoms with E-state index >= 15 is 0 Å². The van der Waals surface area contributed by atoms with E-state index in [1.54, 1.807) is 0 Å². The summed E-state index contributed by atoms with van der Waals surface area (Å²) in [7, 11) is 0. The highest BCUT2D eigenvalue weighted by Crippen LogP contribution is 1.72. The lowest BCUT2D eigenvalue weighted by Crippen LogP contribution is -1.66. The molecule has 2 aliphatic rings. The molecule has 0 aromatic rings. The largest absolute Gasteiger partial charge is 0.346 e. The van der Waals surface area contributed by atoms with Gasteiger partial charge >= 0.3 is 0 Å². The number of carbonyl (C=O) groups excluding carboxylic acids is 2. The van der Waals surface area contributed by atoms with Gasteiger partial charge in [0.05, 0.1) is 13.1 Å². The van der Waals surface area contributed by atoms with Gasteiger partial charge in [-0.05, 0) is 0 Å². The highest BCUT2D eigenvalue weighted by atomic mass is 16.2. The van der Waals surface area contributed by atoms with Gasteiger partial charge in [0.15, 0.2) is 0 Å². The van der Waals surface area contributed by atoms with Crippen LogP contribution in [0, 0.1) is 0 Å². The lowest BCUT2D eigenvalue weighted by atomic mass is 11.0. The van der Waals surface area contributed by atoms with E-state index in [0.717, 1.165) is 0 Å². The summed E-state index contributed by atoms with van der Waals surface area (Å²) in [6, 6.07) is 0. The molecule has 0 unspecified atom stereocenters. The molecule has 0 spiro atoms. The van der Waals surface area contributed by atoms with E-state index in [9.17, 15) is 9.59 Å². The van der Waals surface area contributed by atoms with E-state index in [-0.39, 0.29) is 11.8 Å². The topological polar surface area (TPSA) is 78.0 Å². The smallest absolute Gasteiger partial charge is 0.239 e. The van der Waals surface area contributed by atoms with Crippen LogP contribution >= 0.6 is 0 Å². The van der Waals surface area contributed by atoms with Gasteiger partial charge in [-0.15, -0.1) is 0 Å². The van der Waals surface area contributed by atoms with Gasteiger partial charge in [-0.1, -0.05) is 0 Å². The zero-order chi connectivity index (χ0) is 5.98. The normalized spacial score (nSPS) is 19.5. The average molecular weight is 114 g/mol. The summed E-state index contributed by atoms with van der Waals surface area (Å²) in [6.07, 6.45) is 0. The first-order valence-corrected chi connectivity index (χ1v) is 2.32. The number of carbonyl (C=O) groups is 2. The third-order valence-electron chi connectivity index (χ3n) is 0.642. The van der Waals surface area contributed by atoms with Crippen LogP contribution in [0.5, 0.6) is 0 Å². The first kappa shape index (κ1) is 5.08. The second kappa shape index (κ2) is 1.81. The first-order valence-electron chi connectivity index (χ1n) is 2.32. The zero-order valence-electron chi connectivity index (χ0n) is 4.23. The van der Waals surface area contributed by atoms with Crippen LogP contribution in [0.2, 0.25) is 0 Å². The first-order chi connectivity index (χ1) is 3.79. The van der Waals surface area contributed by atoms with Gasteiger partial charge in [0.2, 0.25) is 11.8 Å². The fourth-order valence-corrected chi connectivity index (χ4v) is 0.0722. The number of hydrogen-bond acceptors (Lipinski definition) is 2. The van der Waals surface area contributed by atoms with Crippen molar-refractivity contribution in [2.24, 2.45) is 0 Å². The maximum atomic E-state index is 9.44. The van der Waals surface area contributed by atoms with Crippen molar-refractivity contribution in [1.82, 2.24) is 10.6 Å². The van der Waals surface area contributed by atoms with Crippen molar-refractivity contribution in [2.75, 3.05) is 13.1 Å². The van der Waals surface area contributed by atoms with Gasteiger partial charge in [0.25, 0.3) is 0 Å². The summed E-state index contributed by atoms with van der Waals surface area (Å²) >= 11 is 0. The molecule has 0 bridgehead atoms. The van der Waals surface area contributed by atoms with Crippen LogP contribution < -0.4 is 10.6 Å². The molecule has 0 aromatic heterocycles. The third kappa shape index (κ3) is 3.14. The van der Waals surface area contributed by atoms with Crippen LogP contribution in [0.4, 0.5) is 0 Å². The Morgan fingerprint density at radius 3 is 1.12 bits per heavy atom. The molecule has 4 heteroatoms. The molecule has 2 amide bonds. The van der Waals surface area contributed by atoms with Crippen LogP contribution in [0.15, 0.2) is 0 Å². The molecule has 2 saturated heterocycles. The van der Waals surface area contributed by atoms with Crippen LogP contribution in [0.25, 0.3) is 0 Å². The van der Waals surface area contributed by atoms with Crippen LogP contribution in [-0.2, 0) is 9.59 Å². The quantitative estimate of drug-likeness (QED) is 0.366. The minimum absolute atomic E-state index is 0.167. The van der Waals surface area contributed by atoms with Gasteiger partial charge in [-0.2, -0.15) is 0 Å². The van der Waals surface area contributed by atoms with Gasteiger partial charge in [0.1, 0.15) is 0 Å². The molecule has 0 radical (unpaired) electrons. The molecule has 2 heterocycles. The van der Waals surface area contributed by atoms with Gasteiger partial charge < -0.3 is 10.6 Å². The molecule has 2 N–H and O–H groups in total. The second-order valence-corrected chi connectivity index (χ2v) is 1.55. The Kier molecular flexibility index (Phi) is 1.15. The maximum Gasteiger partial charge on any atom is 0.239 e. The van der Waals surface area contributed by atoms with Gasteiger partial charge in [-0.3, -0.25) is 9.59 Å². The second-order valence-electron chi connectivity index (χ2n) is 1.55. The van der Waals surface area contributed by atoms with Crippen molar-refractivity contribution >= 4 is 11.8 Å². The Morgan fingerprint density at radius 2 is 1.12 bits per heavy atom. The molecule has 0 aromatic carbocycles. The molecule has 0 atom stereocenters. The van der Waals surface area contributed by atoms with E-state index in [1.807, 2.05) is 0 Å². The van der Waals surface area contributed by atoms with Crippen molar-refractivity contribution < 1.29 is 9.59 Å². The van der Waals surface area contributed by atoms with E-state index in [0.29, 0.717) is 13.1 Å². The fourth-order valence-electron chi connectivity index (χ4n) is 0.0722. The number of rotatable bonds is 0. The van der Waals surface area contributed by atoms with Crippen molar-refractivity contribution in [3.05, 3.63) is 0 Å². The predicted molar refractivity (Wildman–Crippen MR) is 26.0 cm³/mol. The van der Waals surface area contributed by atoms with Crippen molar-refractivity contribution in [1.29, 1.82) is 0 Å². The molecule has 2 aliphatic heterocycles. The highest BCUT2D eigenvalue weighted by Gasteiger charge is 2.11. The Balaban J connectivity index is 0.0000000800. The molecule has 0 aliphatic carbocycles. The van der Waals surface area contributed by atoms with E-state index < -0.39 is 0 Å². The standard InChI is InChI=1S/2C2H3NO/c2*4-2-1-3-2/h2*1H2,(H,3,4). The molecular weight excluding hydrogens is 108 g/mol. The maximum absolute atomic E-state index is 9.44. The van der Waals surface area contributed by atoms with Crippen molar-refractivity contribution in [2.45, 2.75) is 0 Å². The third-order valence-corrected chi connectivity index (χ3v) is 0.642. The fraction of sp³-hybridized carbons (Fsp3) is 0.500. The summed E-state index contributed by atoms with van der Waals surface area (Å²) in [4.78, 5) is 18.9. The van der Waals surface area contributed by atoms with E-state index in [2.05, 4.69) is 10.6 Å². The number of nitrogens with one attached hydrogen (secondary N) is 2. The van der Waals surface area contributed by atoms with Crippen LogP contribution in [0.3, 0.4) is 0 Å². The lowest BCUT2D eigenvalue weighted by Gasteiger charge is -1.30. The number of amides is 2. The molecule has 2 fully saturated rings. The van der Waals surface area contributed by atoms with Gasteiger partial charge in [-0.25, -0.2) is 0 Å². The van der Waals surface area contributed by atoms with Crippen LogP contribution in [-0.4, -0.2) is 24.9 Å². The van der Waals surface area contributed by atoms with E-state index in [4.69, 9.17) is 0 Å². The summed E-state index contributed by atoms with van der Waals surface area (Å²) < 4.78 is 0. The molecule has 0 saturated carbocycles. The Labute approximate surface area is 46.3 Å². The number of hydrogen-bond donors (Lipinski definition) is 2. The zero-order valence-corrected chi connectivity index (χ0v) is 4.23. The van der Waals surface area contributed by atoms with Crippen molar-refractivity contribution in [3.8, 4) is 0 Å². The minimum Gasteiger partial charge on any atom is -0.346 e. The Hall–Kier alpha value is -1.06. The lowest BCUT2D eigenvalue weighted by molar-refractivity contribution is -0.111. The van der Waals surface area contributed by atoms with Crippen LogP contribution in [0.1, 0.15) is 0 Å². The summed E-state index contributed by atoms with van der Waals surface area (Å²) in [5, 5.41) is 4.92. The van der Waals surface area contributed by atoms with Gasteiger partial charge in [0, 0.05) is 0 Å². The molecular formula is C4H6N2O2. The minimum atomic E-state index is 0.167. The summed E-state index contributed by atoms with van der Waals surface area (Å²) in [6.45, 7) is 1.19. The molecule has 2 rings (SSSR count).